The van der Waals surface area contributed by atoms with Crippen LogP contribution in [0.3, 0.4) is 0 Å². The van der Waals surface area contributed by atoms with Gasteiger partial charge in [-0.15, -0.1) is 0 Å². The molecule has 1 aliphatic carbocycles. The molecule has 1 N–H and O–H groups in total. The smallest absolute Gasteiger partial charge is 0.378 e. The van der Waals surface area contributed by atoms with E-state index in [4.69, 9.17) is 23.3 Å². The van der Waals surface area contributed by atoms with Crippen LogP contribution in [0.5, 0.6) is 0 Å². The lowest BCUT2D eigenvalue weighted by Gasteiger charge is -2.31. The summed E-state index contributed by atoms with van der Waals surface area (Å²) in [5.74, 6) is 2.01. The number of rotatable bonds is 9. The number of benzene rings is 2. The van der Waals surface area contributed by atoms with E-state index >= 15 is 0 Å². The van der Waals surface area contributed by atoms with Crippen molar-refractivity contribution >= 4 is 17.0 Å². The Morgan fingerprint density at radius 2 is 1.47 bits per heavy atom. The van der Waals surface area contributed by atoms with Crippen LogP contribution in [0.4, 0.5) is 0 Å². The summed E-state index contributed by atoms with van der Waals surface area (Å²) < 4.78 is 5.60. The van der Waals surface area contributed by atoms with Crippen molar-refractivity contribution in [3.8, 4) is 18.2 Å². The minimum absolute atomic E-state index is 0.0257. The largest absolute Gasteiger partial charge is 0.528 e. The van der Waals surface area contributed by atoms with Crippen LogP contribution in [-0.2, 0) is 4.74 Å². The summed E-state index contributed by atoms with van der Waals surface area (Å²) in [4.78, 5) is 9.03. The van der Waals surface area contributed by atoms with Crippen LogP contribution in [0.1, 0.15) is 24.0 Å². The van der Waals surface area contributed by atoms with Crippen molar-refractivity contribution in [2.45, 2.75) is 12.8 Å². The molecule has 8 heteroatoms. The van der Waals surface area contributed by atoms with Crippen molar-refractivity contribution in [3.63, 3.8) is 0 Å². The van der Waals surface area contributed by atoms with Crippen molar-refractivity contribution in [1.82, 2.24) is 4.90 Å². The lowest BCUT2D eigenvalue weighted by molar-refractivity contribution is 0.0547. The minimum Gasteiger partial charge on any atom is -0.378 e. The summed E-state index contributed by atoms with van der Waals surface area (Å²) in [7, 11) is 0. The molecule has 0 unspecified atom stereocenters. The van der Waals surface area contributed by atoms with Gasteiger partial charge in [0.2, 0.25) is 0 Å². The van der Waals surface area contributed by atoms with Crippen molar-refractivity contribution < 1.29 is 4.74 Å². The Kier molecular flexibility index (Phi) is 12.0. The van der Waals surface area contributed by atoms with Gasteiger partial charge in [-0.2, -0.15) is 25.5 Å². The molecule has 4 rings (SSSR count). The standard InChI is InChI=1S/C39H29N7O/c1-44-39(45-2)37(30-13-7-4-8-14-30)34(26-41)18-10-16-32-20-19-31(38(32)46-21-23-47-24-22-46)15-9-17-33(25-40)36(35(27-42)28-43)29-11-5-3-6-12-29/h3-18,42H,19-24H2/b16-10+,17-9+,31-15+,34-18+,36-33-. The Labute approximate surface area is 275 Å². The van der Waals surface area contributed by atoms with E-state index in [-0.39, 0.29) is 22.5 Å². The molecule has 1 heterocycles. The monoisotopic (exact) mass is 611 g/mol. The van der Waals surface area contributed by atoms with Gasteiger partial charge in [-0.3, -0.25) is 5.41 Å². The van der Waals surface area contributed by atoms with Crippen LogP contribution < -0.4 is 0 Å². The summed E-state index contributed by atoms with van der Waals surface area (Å²) in [6, 6.07) is 24.4. The second-order valence-corrected chi connectivity index (χ2v) is 10.2. The Morgan fingerprint density at radius 3 is 2.02 bits per heavy atom. The summed E-state index contributed by atoms with van der Waals surface area (Å²) >= 11 is 0. The lowest BCUT2D eigenvalue weighted by atomic mass is 9.94. The van der Waals surface area contributed by atoms with E-state index in [9.17, 15) is 15.8 Å². The molecule has 8 nitrogen and oxygen atoms in total. The number of hydrogen-bond acceptors (Lipinski definition) is 6. The van der Waals surface area contributed by atoms with Gasteiger partial charge in [0.15, 0.2) is 0 Å². The van der Waals surface area contributed by atoms with E-state index in [1.165, 1.54) is 0 Å². The topological polar surface area (TPSA) is 116 Å². The Morgan fingerprint density at radius 1 is 0.830 bits per heavy atom. The zero-order valence-corrected chi connectivity index (χ0v) is 25.6. The quantitative estimate of drug-likeness (QED) is 0.135. The number of allylic oxidation sites excluding steroid dienone is 13. The van der Waals surface area contributed by atoms with Crippen LogP contribution in [0.2, 0.25) is 0 Å². The fourth-order valence-electron chi connectivity index (χ4n) is 5.44. The molecule has 0 spiro atoms. The lowest BCUT2D eigenvalue weighted by Crippen LogP contribution is -2.36. The summed E-state index contributed by atoms with van der Waals surface area (Å²) in [5.41, 5.74) is 5.57. The van der Waals surface area contributed by atoms with Crippen LogP contribution in [0, 0.1) is 52.5 Å². The van der Waals surface area contributed by atoms with E-state index in [1.807, 2.05) is 42.5 Å². The first-order valence-corrected chi connectivity index (χ1v) is 14.8. The molecule has 1 fully saturated rings. The molecule has 1 saturated heterocycles. The number of nitrogens with one attached hydrogen (secondary N) is 1. The highest BCUT2D eigenvalue weighted by Gasteiger charge is 2.25. The highest BCUT2D eigenvalue weighted by atomic mass is 16.5. The molecular formula is C39H29N7O. The first-order chi connectivity index (χ1) is 23.1. The van der Waals surface area contributed by atoms with Gasteiger partial charge in [0.1, 0.15) is 24.8 Å². The average Bonchev–Trinajstić information content (AvgIpc) is 3.53. The molecule has 1 aliphatic heterocycles. The maximum Gasteiger partial charge on any atom is 0.528 e. The van der Waals surface area contributed by atoms with Crippen molar-refractivity contribution in [2.75, 3.05) is 26.3 Å². The predicted molar refractivity (Wildman–Crippen MR) is 181 cm³/mol. The van der Waals surface area contributed by atoms with Gasteiger partial charge in [0.25, 0.3) is 0 Å². The summed E-state index contributed by atoms with van der Waals surface area (Å²) in [6.07, 6.45) is 12.3. The molecule has 226 valence electrons. The molecule has 2 aromatic rings. The number of morpholine rings is 1. The second-order valence-electron chi connectivity index (χ2n) is 10.2. The molecule has 0 bridgehead atoms. The molecule has 0 amide bonds. The summed E-state index contributed by atoms with van der Waals surface area (Å²) in [6.45, 7) is 17.6. The SMILES string of the molecule is [C-]#[N+]C([N+]#[C-])=C(/C(C#N)=C/C=C/C1=C(N2CCOCC2)C(=C/C=C/C(C#N)=C(/C(=C=N)C#N)c2ccccc2)/CC1)c1ccccc1. The van der Waals surface area contributed by atoms with E-state index in [0.717, 1.165) is 29.7 Å². The van der Waals surface area contributed by atoms with E-state index < -0.39 is 0 Å². The molecule has 2 aromatic carbocycles. The van der Waals surface area contributed by atoms with Crippen molar-refractivity contribution in [3.05, 3.63) is 170 Å². The third-order valence-electron chi connectivity index (χ3n) is 7.55. The molecule has 0 radical (unpaired) electrons. The summed E-state index contributed by atoms with van der Waals surface area (Å²) in [5, 5.41) is 37.3. The molecule has 0 saturated carbocycles. The third-order valence-corrected chi connectivity index (χ3v) is 7.55. The normalized spacial score (nSPS) is 16.0. The Hall–Kier alpha value is -6.72. The van der Waals surface area contributed by atoms with Gasteiger partial charge in [-0.05, 0) is 53.1 Å². The van der Waals surface area contributed by atoms with E-state index in [1.54, 1.807) is 60.7 Å². The van der Waals surface area contributed by atoms with Crippen molar-refractivity contribution in [2.24, 2.45) is 0 Å². The average molecular weight is 612 g/mol. The molecule has 0 aromatic heterocycles. The van der Waals surface area contributed by atoms with Gasteiger partial charge in [-0.25, -0.2) is 0 Å². The van der Waals surface area contributed by atoms with Crippen LogP contribution in [0.25, 0.3) is 20.8 Å². The molecule has 47 heavy (non-hydrogen) atoms. The molecule has 0 atom stereocenters. The number of nitrogens with zero attached hydrogens (tertiary/aromatic N) is 6. The Bertz CT molecular complexity index is 1980. The fourth-order valence-corrected chi connectivity index (χ4v) is 5.44. The van der Waals surface area contributed by atoms with Crippen molar-refractivity contribution in [1.29, 1.82) is 21.2 Å². The van der Waals surface area contributed by atoms with Gasteiger partial charge in [0, 0.05) is 24.4 Å². The maximum atomic E-state index is 10.0. The Balaban J connectivity index is 1.75. The van der Waals surface area contributed by atoms with Crippen LogP contribution in [0.15, 0.2) is 137 Å². The zero-order valence-electron chi connectivity index (χ0n) is 25.6. The first kappa shape index (κ1) is 33.2. The van der Waals surface area contributed by atoms with Gasteiger partial charge < -0.3 is 9.64 Å². The van der Waals surface area contributed by atoms with E-state index in [0.29, 0.717) is 48.6 Å². The maximum absolute atomic E-state index is 10.0. The van der Waals surface area contributed by atoms with Crippen LogP contribution in [-0.4, -0.2) is 37.1 Å². The third kappa shape index (κ3) is 8.06. The first-order valence-electron chi connectivity index (χ1n) is 14.8. The van der Waals surface area contributed by atoms with Crippen LogP contribution >= 0.6 is 0 Å². The highest BCUT2D eigenvalue weighted by molar-refractivity contribution is 5.95. The predicted octanol–water partition coefficient (Wildman–Crippen LogP) is 7.74. The fraction of sp³-hybridized carbons (Fsp3) is 0.154. The second kappa shape index (κ2) is 16.9. The van der Waals surface area contributed by atoms with Gasteiger partial charge >= 0.3 is 5.82 Å². The minimum atomic E-state index is -0.164. The zero-order chi connectivity index (χ0) is 33.4. The number of nitriles is 3. The highest BCUT2D eigenvalue weighted by Crippen LogP contribution is 2.36. The number of hydrogen-bond donors (Lipinski definition) is 1. The molecule has 2 aliphatic rings. The van der Waals surface area contributed by atoms with Gasteiger partial charge in [0.05, 0.1) is 42.1 Å². The van der Waals surface area contributed by atoms with Gasteiger partial charge in [-0.1, -0.05) is 85.0 Å². The number of ether oxygens (including phenoxy) is 1. The molecular weight excluding hydrogens is 582 g/mol. The van der Waals surface area contributed by atoms with E-state index in [2.05, 4.69) is 32.6 Å².